The maximum absolute atomic E-state index is 6.42. The summed E-state index contributed by atoms with van der Waals surface area (Å²) in [6, 6.07) is 12.2. The van der Waals surface area contributed by atoms with E-state index in [2.05, 4.69) is 38.1 Å². The first-order valence-electron chi connectivity index (χ1n) is 11.9. The van der Waals surface area contributed by atoms with Crippen LogP contribution in [0, 0.1) is 13.8 Å². The van der Waals surface area contributed by atoms with Crippen molar-refractivity contribution in [2.45, 2.75) is 72.0 Å². The Bertz CT molecular complexity index is 918. The molecule has 0 amide bonds. The first-order valence-corrected chi connectivity index (χ1v) is 11.9. The van der Waals surface area contributed by atoms with E-state index in [-0.39, 0.29) is 12.2 Å². The molecule has 178 valence electrons. The molecule has 0 radical (unpaired) electrons. The van der Waals surface area contributed by atoms with Crippen LogP contribution >= 0.6 is 0 Å². The lowest BCUT2D eigenvalue weighted by molar-refractivity contribution is 0.0798. The lowest BCUT2D eigenvalue weighted by Crippen LogP contribution is -2.30. The van der Waals surface area contributed by atoms with Gasteiger partial charge in [-0.3, -0.25) is 0 Å². The lowest BCUT2D eigenvalue weighted by atomic mass is 9.94. The van der Waals surface area contributed by atoms with Crippen LogP contribution in [-0.2, 0) is 4.84 Å². The largest absolute Gasteiger partial charge is 0.490 e. The average molecular weight is 452 g/mol. The summed E-state index contributed by atoms with van der Waals surface area (Å²) in [5, 5.41) is 4.09. The van der Waals surface area contributed by atoms with E-state index < -0.39 is 0 Å². The topological polar surface area (TPSA) is 49.3 Å². The van der Waals surface area contributed by atoms with Crippen molar-refractivity contribution >= 4 is 5.71 Å². The van der Waals surface area contributed by atoms with Gasteiger partial charge in [0.25, 0.3) is 0 Å². The Morgan fingerprint density at radius 3 is 2.09 bits per heavy atom. The number of hydrogen-bond acceptors (Lipinski definition) is 5. The number of oxime groups is 1. The maximum Gasteiger partial charge on any atom is 0.125 e. The molecule has 0 bridgehead atoms. The van der Waals surface area contributed by atoms with Crippen molar-refractivity contribution < 1.29 is 19.0 Å². The average Bonchev–Trinajstić information content (AvgIpc) is 2.82. The summed E-state index contributed by atoms with van der Waals surface area (Å²) >= 11 is 0. The summed E-state index contributed by atoms with van der Waals surface area (Å²) in [6.07, 6.45) is 9.21. The van der Waals surface area contributed by atoms with E-state index in [1.807, 2.05) is 43.3 Å². The van der Waals surface area contributed by atoms with Crippen LogP contribution in [0.1, 0.15) is 62.6 Å². The molecule has 0 saturated heterocycles. The standard InChI is InChI=1S/C28H37NO4/c1-6-8-17-31-26-18-20(3)28(21(4)19-26)33-25-15-13-24(14-16-25)32-23-11-9-22(10-12-23)27(7-2)29-30-5/h6,8-12,18-19,24-25H,7,13-17H2,1-5H3/b8-6+,29-27+. The summed E-state index contributed by atoms with van der Waals surface area (Å²) in [4.78, 5) is 4.93. The Morgan fingerprint density at radius 2 is 1.55 bits per heavy atom. The van der Waals surface area contributed by atoms with Crippen molar-refractivity contribution in [2.24, 2.45) is 5.16 Å². The number of ether oxygens (including phenoxy) is 3. The Labute approximate surface area is 198 Å². The van der Waals surface area contributed by atoms with E-state index in [1.165, 1.54) is 0 Å². The molecular formula is C28H37NO4. The Balaban J connectivity index is 1.51. The monoisotopic (exact) mass is 451 g/mol. The number of nitrogens with zero attached hydrogens (tertiary/aromatic N) is 1. The zero-order chi connectivity index (χ0) is 23.6. The molecule has 0 spiro atoms. The van der Waals surface area contributed by atoms with Crippen LogP contribution < -0.4 is 14.2 Å². The van der Waals surface area contributed by atoms with E-state index in [4.69, 9.17) is 19.0 Å². The zero-order valence-electron chi connectivity index (χ0n) is 20.6. The highest BCUT2D eigenvalue weighted by atomic mass is 16.6. The van der Waals surface area contributed by atoms with Crippen LogP contribution in [0.2, 0.25) is 0 Å². The highest BCUT2D eigenvalue weighted by Crippen LogP contribution is 2.33. The van der Waals surface area contributed by atoms with Crippen LogP contribution in [-0.4, -0.2) is 31.6 Å². The van der Waals surface area contributed by atoms with Gasteiger partial charge in [0.05, 0.1) is 17.9 Å². The van der Waals surface area contributed by atoms with Crippen LogP contribution in [0.25, 0.3) is 0 Å². The van der Waals surface area contributed by atoms with Gasteiger partial charge < -0.3 is 19.0 Å². The molecule has 2 aromatic rings. The molecule has 1 fully saturated rings. The third kappa shape index (κ3) is 7.01. The van der Waals surface area contributed by atoms with E-state index in [0.29, 0.717) is 6.61 Å². The first-order chi connectivity index (χ1) is 16.0. The van der Waals surface area contributed by atoms with Gasteiger partial charge in [0.15, 0.2) is 0 Å². The minimum atomic E-state index is 0.219. The fourth-order valence-corrected chi connectivity index (χ4v) is 4.20. The summed E-state index contributed by atoms with van der Waals surface area (Å²) < 4.78 is 18.5. The van der Waals surface area contributed by atoms with Crippen LogP contribution in [0.4, 0.5) is 0 Å². The van der Waals surface area contributed by atoms with Gasteiger partial charge in [-0.15, -0.1) is 0 Å². The number of allylic oxidation sites excluding steroid dienone is 1. The van der Waals surface area contributed by atoms with Gasteiger partial charge >= 0.3 is 0 Å². The molecule has 0 aromatic heterocycles. The quantitative estimate of drug-likeness (QED) is 0.227. The van der Waals surface area contributed by atoms with Crippen molar-refractivity contribution in [1.82, 2.24) is 0 Å². The van der Waals surface area contributed by atoms with Crippen LogP contribution in [0.3, 0.4) is 0 Å². The van der Waals surface area contributed by atoms with E-state index in [0.717, 1.165) is 71.8 Å². The van der Waals surface area contributed by atoms with Gasteiger partial charge in [0, 0.05) is 0 Å². The molecule has 5 nitrogen and oxygen atoms in total. The molecular weight excluding hydrogens is 414 g/mol. The van der Waals surface area contributed by atoms with Gasteiger partial charge in [0.1, 0.15) is 31.0 Å². The smallest absolute Gasteiger partial charge is 0.125 e. The lowest BCUT2D eigenvalue weighted by Gasteiger charge is -2.30. The van der Waals surface area contributed by atoms with Crippen molar-refractivity contribution in [2.75, 3.05) is 13.7 Å². The second kappa shape index (κ2) is 12.3. The first kappa shape index (κ1) is 24.7. The van der Waals surface area contributed by atoms with Gasteiger partial charge in [-0.05, 0) is 106 Å². The molecule has 0 N–H and O–H groups in total. The minimum absolute atomic E-state index is 0.219. The molecule has 1 aliphatic carbocycles. The van der Waals surface area contributed by atoms with Gasteiger partial charge in [0.2, 0.25) is 0 Å². The minimum Gasteiger partial charge on any atom is -0.490 e. The Kier molecular flexibility index (Phi) is 9.23. The maximum atomic E-state index is 6.42. The molecule has 3 rings (SSSR count). The third-order valence-corrected chi connectivity index (χ3v) is 5.95. The predicted octanol–water partition coefficient (Wildman–Crippen LogP) is 6.79. The molecule has 5 heteroatoms. The Morgan fingerprint density at radius 1 is 0.939 bits per heavy atom. The number of rotatable bonds is 10. The van der Waals surface area contributed by atoms with Crippen LogP contribution in [0.5, 0.6) is 17.2 Å². The summed E-state index contributed by atoms with van der Waals surface area (Å²) in [7, 11) is 1.58. The third-order valence-electron chi connectivity index (χ3n) is 5.95. The number of benzene rings is 2. The second-order valence-electron chi connectivity index (χ2n) is 8.50. The van der Waals surface area contributed by atoms with Gasteiger partial charge in [-0.1, -0.05) is 24.2 Å². The van der Waals surface area contributed by atoms with Crippen molar-refractivity contribution in [3.63, 3.8) is 0 Å². The summed E-state index contributed by atoms with van der Waals surface area (Å²) in [5.41, 5.74) is 4.23. The summed E-state index contributed by atoms with van der Waals surface area (Å²) in [6.45, 7) is 8.82. The molecule has 0 aliphatic heterocycles. The number of hydrogen-bond donors (Lipinski definition) is 0. The Hall–Kier alpha value is -2.95. The molecule has 33 heavy (non-hydrogen) atoms. The SMILES string of the molecule is C/C=C/COc1cc(C)c(OC2CCC(Oc3ccc(/C(CC)=N/OC)cc3)CC2)c(C)c1. The zero-order valence-corrected chi connectivity index (χ0v) is 20.6. The molecule has 2 aromatic carbocycles. The highest BCUT2D eigenvalue weighted by molar-refractivity contribution is 6.00. The molecule has 0 unspecified atom stereocenters. The number of aryl methyl sites for hydroxylation is 2. The molecule has 1 aliphatic rings. The second-order valence-corrected chi connectivity index (χ2v) is 8.50. The van der Waals surface area contributed by atoms with E-state index >= 15 is 0 Å². The van der Waals surface area contributed by atoms with Gasteiger partial charge in [-0.25, -0.2) is 0 Å². The van der Waals surface area contributed by atoms with Crippen molar-refractivity contribution in [3.05, 3.63) is 65.2 Å². The van der Waals surface area contributed by atoms with Crippen LogP contribution in [0.15, 0.2) is 53.7 Å². The fourth-order valence-electron chi connectivity index (χ4n) is 4.20. The van der Waals surface area contributed by atoms with E-state index in [9.17, 15) is 0 Å². The highest BCUT2D eigenvalue weighted by Gasteiger charge is 2.25. The molecule has 0 heterocycles. The summed E-state index contributed by atoms with van der Waals surface area (Å²) in [5.74, 6) is 2.77. The van der Waals surface area contributed by atoms with E-state index in [1.54, 1.807) is 7.11 Å². The predicted molar refractivity (Wildman–Crippen MR) is 134 cm³/mol. The van der Waals surface area contributed by atoms with Crippen molar-refractivity contribution in [3.8, 4) is 17.2 Å². The van der Waals surface area contributed by atoms with Crippen molar-refractivity contribution in [1.29, 1.82) is 0 Å². The van der Waals surface area contributed by atoms with Gasteiger partial charge in [-0.2, -0.15) is 0 Å². The molecule has 0 atom stereocenters. The fraction of sp³-hybridized carbons (Fsp3) is 0.464. The molecule has 1 saturated carbocycles. The normalized spacial score (nSPS) is 18.9.